The topological polar surface area (TPSA) is 12.0 Å². The Morgan fingerprint density at radius 2 is 2.05 bits per heavy atom. The summed E-state index contributed by atoms with van der Waals surface area (Å²) in [7, 11) is 0. The molecule has 1 aliphatic carbocycles. The number of rotatable bonds is 5. The summed E-state index contributed by atoms with van der Waals surface area (Å²) in [6, 6.07) is 7.80. The molecular weight excluding hydrogens is 237 g/mol. The monoisotopic (exact) mass is 263 g/mol. The molecule has 19 heavy (non-hydrogen) atoms. The van der Waals surface area contributed by atoms with Gasteiger partial charge in [0.05, 0.1) is 0 Å². The van der Waals surface area contributed by atoms with Crippen LogP contribution in [0.5, 0.6) is 0 Å². The van der Waals surface area contributed by atoms with Gasteiger partial charge < -0.3 is 5.32 Å². The highest BCUT2D eigenvalue weighted by molar-refractivity contribution is 5.18. The Kier molecular flexibility index (Phi) is 5.38. The fourth-order valence-electron chi connectivity index (χ4n) is 3.27. The highest BCUT2D eigenvalue weighted by Crippen LogP contribution is 2.32. The van der Waals surface area contributed by atoms with Crippen molar-refractivity contribution in [3.05, 3.63) is 35.6 Å². The molecule has 1 fully saturated rings. The molecule has 1 aromatic carbocycles. The first kappa shape index (κ1) is 14.5. The van der Waals surface area contributed by atoms with Crippen LogP contribution in [0.25, 0.3) is 0 Å². The summed E-state index contributed by atoms with van der Waals surface area (Å²) in [6.07, 6.45) is 5.79. The van der Waals surface area contributed by atoms with Crippen molar-refractivity contribution in [3.8, 4) is 0 Å². The zero-order valence-corrected chi connectivity index (χ0v) is 12.2. The fourth-order valence-corrected chi connectivity index (χ4v) is 3.27. The van der Waals surface area contributed by atoms with Crippen LogP contribution in [0.1, 0.15) is 45.1 Å². The summed E-state index contributed by atoms with van der Waals surface area (Å²) in [5.41, 5.74) is 0.880. The highest BCUT2D eigenvalue weighted by Gasteiger charge is 2.28. The number of nitrogens with one attached hydrogen (secondary N) is 1. The summed E-state index contributed by atoms with van der Waals surface area (Å²) in [5, 5.41) is 3.66. The van der Waals surface area contributed by atoms with Crippen LogP contribution in [0.3, 0.4) is 0 Å². The number of halogens is 1. The summed E-state index contributed by atoms with van der Waals surface area (Å²) in [6.45, 7) is 5.60. The Hall–Kier alpha value is -0.890. The van der Waals surface area contributed by atoms with Crippen LogP contribution >= 0.6 is 0 Å². The Labute approximate surface area is 116 Å². The number of hydrogen-bond acceptors (Lipinski definition) is 1. The zero-order valence-electron chi connectivity index (χ0n) is 12.2. The highest BCUT2D eigenvalue weighted by atomic mass is 19.1. The molecular formula is C17H26FN. The normalized spacial score (nSPS) is 27.4. The predicted octanol–water partition coefficient (Wildman–Crippen LogP) is 4.17. The first-order valence-electron chi connectivity index (χ1n) is 7.67. The van der Waals surface area contributed by atoms with Gasteiger partial charge in [-0.25, -0.2) is 4.39 Å². The second kappa shape index (κ2) is 7.04. The molecule has 0 spiro atoms. The first-order chi connectivity index (χ1) is 9.20. The molecule has 1 aromatic rings. The molecule has 2 heteroatoms. The van der Waals surface area contributed by atoms with E-state index in [-0.39, 0.29) is 5.82 Å². The van der Waals surface area contributed by atoms with E-state index in [2.05, 4.69) is 19.2 Å². The van der Waals surface area contributed by atoms with E-state index < -0.39 is 0 Å². The van der Waals surface area contributed by atoms with Gasteiger partial charge in [-0.05, 0) is 62.1 Å². The van der Waals surface area contributed by atoms with Crippen molar-refractivity contribution in [2.45, 2.75) is 52.0 Å². The van der Waals surface area contributed by atoms with Crippen molar-refractivity contribution >= 4 is 0 Å². The minimum absolute atomic E-state index is 0.0463. The van der Waals surface area contributed by atoms with Crippen molar-refractivity contribution in [1.82, 2.24) is 5.32 Å². The van der Waals surface area contributed by atoms with Gasteiger partial charge in [0, 0.05) is 6.04 Å². The van der Waals surface area contributed by atoms with E-state index in [1.165, 1.54) is 25.7 Å². The lowest BCUT2D eigenvalue weighted by molar-refractivity contribution is 0.211. The third-order valence-corrected chi connectivity index (χ3v) is 4.34. The van der Waals surface area contributed by atoms with Gasteiger partial charge in [-0.1, -0.05) is 32.0 Å². The van der Waals surface area contributed by atoms with Crippen molar-refractivity contribution in [2.75, 3.05) is 6.54 Å². The zero-order chi connectivity index (χ0) is 13.7. The molecule has 1 aliphatic rings. The predicted molar refractivity (Wildman–Crippen MR) is 78.7 cm³/mol. The molecule has 0 heterocycles. The van der Waals surface area contributed by atoms with Crippen LogP contribution in [0, 0.1) is 17.7 Å². The maximum atomic E-state index is 13.8. The van der Waals surface area contributed by atoms with E-state index in [4.69, 9.17) is 0 Å². The molecule has 0 saturated heterocycles. The molecule has 1 saturated carbocycles. The molecule has 0 radical (unpaired) electrons. The van der Waals surface area contributed by atoms with Gasteiger partial charge in [-0.2, -0.15) is 0 Å². The van der Waals surface area contributed by atoms with E-state index in [9.17, 15) is 4.39 Å². The molecule has 3 atom stereocenters. The van der Waals surface area contributed by atoms with E-state index in [0.29, 0.717) is 12.0 Å². The fraction of sp³-hybridized carbons (Fsp3) is 0.647. The molecule has 0 bridgehead atoms. The summed E-state index contributed by atoms with van der Waals surface area (Å²) in [4.78, 5) is 0. The lowest BCUT2D eigenvalue weighted by atomic mass is 9.76. The van der Waals surface area contributed by atoms with Gasteiger partial charge in [0.2, 0.25) is 0 Å². The number of benzene rings is 1. The van der Waals surface area contributed by atoms with Crippen molar-refractivity contribution in [2.24, 2.45) is 11.8 Å². The Morgan fingerprint density at radius 3 is 2.79 bits per heavy atom. The van der Waals surface area contributed by atoms with Gasteiger partial charge >= 0.3 is 0 Å². The van der Waals surface area contributed by atoms with Crippen LogP contribution in [0.4, 0.5) is 4.39 Å². The van der Waals surface area contributed by atoms with Crippen LogP contribution in [0.2, 0.25) is 0 Å². The van der Waals surface area contributed by atoms with Crippen LogP contribution in [-0.4, -0.2) is 12.6 Å². The van der Waals surface area contributed by atoms with Crippen LogP contribution in [-0.2, 0) is 6.42 Å². The molecule has 106 valence electrons. The summed E-state index contributed by atoms with van der Waals surface area (Å²) in [5.74, 6) is 1.30. The molecule has 1 N–H and O–H groups in total. The lowest BCUT2D eigenvalue weighted by Crippen LogP contribution is -2.41. The minimum atomic E-state index is -0.0463. The molecule has 0 aromatic heterocycles. The standard InChI is InChI=1S/C17H26FN/c1-3-10-19-17-9-8-13(2)11-15(17)12-14-6-4-5-7-16(14)18/h4-7,13,15,17,19H,3,8-12H2,1-2H3. The molecule has 1 nitrogen and oxygen atoms in total. The molecule has 2 rings (SSSR count). The van der Waals surface area contributed by atoms with Crippen LogP contribution in [0.15, 0.2) is 24.3 Å². The minimum Gasteiger partial charge on any atom is -0.314 e. The smallest absolute Gasteiger partial charge is 0.126 e. The SMILES string of the molecule is CCCNC1CCC(C)CC1Cc1ccccc1F. The van der Waals surface area contributed by atoms with E-state index in [1.54, 1.807) is 12.1 Å². The van der Waals surface area contributed by atoms with Crippen LogP contribution < -0.4 is 5.32 Å². The average Bonchev–Trinajstić information content (AvgIpc) is 2.40. The first-order valence-corrected chi connectivity index (χ1v) is 7.67. The third-order valence-electron chi connectivity index (χ3n) is 4.34. The molecule has 0 amide bonds. The maximum absolute atomic E-state index is 13.8. The van der Waals surface area contributed by atoms with Gasteiger partial charge in [-0.3, -0.25) is 0 Å². The van der Waals surface area contributed by atoms with Gasteiger partial charge in [-0.15, -0.1) is 0 Å². The second-order valence-electron chi connectivity index (χ2n) is 6.03. The van der Waals surface area contributed by atoms with Gasteiger partial charge in [0.25, 0.3) is 0 Å². The van der Waals surface area contributed by atoms with Crippen molar-refractivity contribution in [3.63, 3.8) is 0 Å². The Balaban J connectivity index is 2.03. The average molecular weight is 263 g/mol. The summed E-state index contributed by atoms with van der Waals surface area (Å²) < 4.78 is 13.8. The lowest BCUT2D eigenvalue weighted by Gasteiger charge is -2.36. The van der Waals surface area contributed by atoms with E-state index in [0.717, 1.165) is 24.4 Å². The molecule has 0 aliphatic heterocycles. The Bertz CT molecular complexity index is 389. The Morgan fingerprint density at radius 1 is 1.26 bits per heavy atom. The maximum Gasteiger partial charge on any atom is 0.126 e. The van der Waals surface area contributed by atoms with Crippen molar-refractivity contribution in [1.29, 1.82) is 0 Å². The van der Waals surface area contributed by atoms with E-state index in [1.807, 2.05) is 12.1 Å². The quantitative estimate of drug-likeness (QED) is 0.840. The largest absolute Gasteiger partial charge is 0.314 e. The number of hydrogen-bond donors (Lipinski definition) is 1. The van der Waals surface area contributed by atoms with Crippen molar-refractivity contribution < 1.29 is 4.39 Å². The van der Waals surface area contributed by atoms with Gasteiger partial charge in [0.15, 0.2) is 0 Å². The third kappa shape index (κ3) is 4.04. The van der Waals surface area contributed by atoms with E-state index >= 15 is 0 Å². The summed E-state index contributed by atoms with van der Waals surface area (Å²) >= 11 is 0. The second-order valence-corrected chi connectivity index (χ2v) is 6.03. The molecule has 3 unspecified atom stereocenters. The van der Waals surface area contributed by atoms with Gasteiger partial charge in [0.1, 0.15) is 5.82 Å².